The van der Waals surface area contributed by atoms with Gasteiger partial charge in [0.05, 0.1) is 16.4 Å². The maximum Gasteiger partial charge on any atom is 0.244 e. The number of hydrogen-bond acceptors (Lipinski definition) is 4. The van der Waals surface area contributed by atoms with E-state index in [1.165, 1.54) is 12.8 Å². The topological polar surface area (TPSA) is 59.9 Å². The Hall–Kier alpha value is -1.80. The molecule has 0 heterocycles. The van der Waals surface area contributed by atoms with E-state index in [-0.39, 0.29) is 17.2 Å². The molecule has 0 saturated heterocycles. The molecule has 2 saturated carbocycles. The average molecular weight is 567 g/mol. The number of halogens is 2. The van der Waals surface area contributed by atoms with Gasteiger partial charge in [-0.3, -0.25) is 4.79 Å². The highest BCUT2D eigenvalue weighted by Crippen LogP contribution is 2.66. The monoisotopic (exact) mass is 566 g/mol. The van der Waals surface area contributed by atoms with Crippen LogP contribution in [0.1, 0.15) is 50.7 Å². The Morgan fingerprint density at radius 1 is 1.31 bits per heavy atom. The van der Waals surface area contributed by atoms with Crippen molar-refractivity contribution in [1.82, 2.24) is 5.43 Å². The Bertz CT molecular complexity index is 1030. The number of carbonyl (C=O) groups excluding carboxylic acids is 1. The van der Waals surface area contributed by atoms with Crippen molar-refractivity contribution >= 4 is 46.3 Å². The van der Waals surface area contributed by atoms with Crippen LogP contribution in [0.2, 0.25) is 5.02 Å². The van der Waals surface area contributed by atoms with Crippen molar-refractivity contribution in [2.45, 2.75) is 46.1 Å². The summed E-state index contributed by atoms with van der Waals surface area (Å²) in [6.07, 6.45) is 6.42. The van der Waals surface area contributed by atoms with E-state index in [0.29, 0.717) is 35.7 Å². The summed E-state index contributed by atoms with van der Waals surface area (Å²) >= 11 is 8.47. The van der Waals surface area contributed by atoms with Gasteiger partial charge in [0.25, 0.3) is 0 Å². The van der Waals surface area contributed by atoms with Crippen LogP contribution in [0.25, 0.3) is 0 Å². The first kappa shape index (κ1) is 23.4. The van der Waals surface area contributed by atoms with Gasteiger partial charge in [0.1, 0.15) is 6.61 Å². The largest absolute Gasteiger partial charge is 0.490 e. The summed E-state index contributed by atoms with van der Waals surface area (Å²) in [5.74, 6) is 1.96. The zero-order chi connectivity index (χ0) is 22.7. The van der Waals surface area contributed by atoms with Crippen LogP contribution in [-0.4, -0.2) is 18.7 Å². The lowest BCUT2D eigenvalue weighted by atomic mass is 9.90. The molecule has 0 aromatic heterocycles. The molecule has 32 heavy (non-hydrogen) atoms. The highest BCUT2D eigenvalue weighted by molar-refractivity contribution is 14.1. The number of carbonyl (C=O) groups is 1. The Morgan fingerprint density at radius 3 is 2.84 bits per heavy atom. The number of amides is 1. The van der Waals surface area contributed by atoms with Crippen LogP contribution in [-0.2, 0) is 11.4 Å². The highest BCUT2D eigenvalue weighted by atomic mass is 127. The first-order chi connectivity index (χ1) is 15.4. The first-order valence-corrected chi connectivity index (χ1v) is 12.5. The van der Waals surface area contributed by atoms with Gasteiger partial charge >= 0.3 is 0 Å². The zero-order valence-corrected chi connectivity index (χ0v) is 21.3. The number of benzene rings is 2. The predicted octanol–water partition coefficient (Wildman–Crippen LogP) is 6.20. The van der Waals surface area contributed by atoms with Crippen LogP contribution in [0.3, 0.4) is 0 Å². The van der Waals surface area contributed by atoms with Gasteiger partial charge in [-0.1, -0.05) is 49.6 Å². The molecule has 0 aliphatic heterocycles. The van der Waals surface area contributed by atoms with Gasteiger partial charge in [-0.25, -0.2) is 5.43 Å². The number of nitrogens with zero attached hydrogens (tertiary/aromatic N) is 1. The Kier molecular flexibility index (Phi) is 7.30. The number of fused-ring (bicyclic) bond motifs is 1. The van der Waals surface area contributed by atoms with Crippen molar-refractivity contribution in [3.63, 3.8) is 0 Å². The molecule has 5 nitrogen and oxygen atoms in total. The van der Waals surface area contributed by atoms with Gasteiger partial charge in [-0.2, -0.15) is 5.10 Å². The van der Waals surface area contributed by atoms with Gasteiger partial charge in [0, 0.05) is 16.5 Å². The number of nitrogens with one attached hydrogen (secondary N) is 1. The Labute approximate surface area is 208 Å². The van der Waals surface area contributed by atoms with Crippen LogP contribution in [0, 0.1) is 20.8 Å². The maximum atomic E-state index is 12.6. The van der Waals surface area contributed by atoms with E-state index in [1.807, 2.05) is 43.3 Å². The molecule has 2 aliphatic carbocycles. The third-order valence-corrected chi connectivity index (χ3v) is 7.83. The standard InChI is InChI=1S/C25H28ClIN2O3/c1-3-31-21-13-16(12-20(27)23(21)32-15-17-8-4-5-10-19(17)26)14-28-29-24(30)22-18-9-6-7-11-25(18,22)2/h4-5,8,10,12-14,18,22H,3,6-7,9,11,15H2,1-2H3,(H,29,30)/b28-14-/t18-,22+,25+/m1/s1. The summed E-state index contributed by atoms with van der Waals surface area (Å²) in [4.78, 5) is 12.6. The van der Waals surface area contributed by atoms with E-state index in [9.17, 15) is 4.79 Å². The molecule has 0 radical (unpaired) electrons. The number of hydrogen-bond donors (Lipinski definition) is 1. The van der Waals surface area contributed by atoms with E-state index in [4.69, 9.17) is 21.1 Å². The molecule has 4 rings (SSSR count). The van der Waals surface area contributed by atoms with Crippen molar-refractivity contribution in [2.75, 3.05) is 6.61 Å². The van der Waals surface area contributed by atoms with Crippen LogP contribution in [0.15, 0.2) is 41.5 Å². The Morgan fingerprint density at radius 2 is 2.12 bits per heavy atom. The third-order valence-electron chi connectivity index (χ3n) is 6.66. The second kappa shape index (κ2) is 10.00. The van der Waals surface area contributed by atoms with E-state index in [0.717, 1.165) is 27.5 Å². The van der Waals surface area contributed by atoms with Gasteiger partial charge in [0.2, 0.25) is 5.91 Å². The van der Waals surface area contributed by atoms with Crippen molar-refractivity contribution in [2.24, 2.45) is 22.4 Å². The van der Waals surface area contributed by atoms with E-state index >= 15 is 0 Å². The minimum Gasteiger partial charge on any atom is -0.490 e. The summed E-state index contributed by atoms with van der Waals surface area (Å²) in [5.41, 5.74) is 4.68. The van der Waals surface area contributed by atoms with Crippen LogP contribution >= 0.6 is 34.2 Å². The molecule has 3 atom stereocenters. The normalized spacial score (nSPS) is 24.1. The SMILES string of the molecule is CCOc1cc(/C=N\NC(=O)[C@@H]2[C@H]3CCCC[C@@]32C)cc(I)c1OCc1ccccc1Cl. The molecule has 1 amide bonds. The Balaban J connectivity index is 1.43. The van der Waals surface area contributed by atoms with Gasteiger partial charge in [0.15, 0.2) is 11.5 Å². The molecule has 0 bridgehead atoms. The zero-order valence-electron chi connectivity index (χ0n) is 18.4. The minimum atomic E-state index is 0.0371. The smallest absolute Gasteiger partial charge is 0.244 e. The fourth-order valence-electron chi connectivity index (χ4n) is 4.92. The summed E-state index contributed by atoms with van der Waals surface area (Å²) in [6, 6.07) is 11.4. The molecule has 7 heteroatoms. The van der Waals surface area contributed by atoms with Gasteiger partial charge < -0.3 is 9.47 Å². The second-order valence-corrected chi connectivity index (χ2v) is 10.3. The third kappa shape index (κ3) is 4.91. The summed E-state index contributed by atoms with van der Waals surface area (Å²) < 4.78 is 12.8. The van der Waals surface area contributed by atoms with Crippen LogP contribution in [0.4, 0.5) is 0 Å². The van der Waals surface area contributed by atoms with Crippen molar-refractivity contribution < 1.29 is 14.3 Å². The fraction of sp³-hybridized carbons (Fsp3) is 0.440. The van der Waals surface area contributed by atoms with Crippen molar-refractivity contribution in [1.29, 1.82) is 0 Å². The number of ether oxygens (including phenoxy) is 2. The summed E-state index contributed by atoms with van der Waals surface area (Å²) in [6.45, 7) is 5.03. The van der Waals surface area contributed by atoms with Gasteiger partial charge in [-0.15, -0.1) is 0 Å². The summed E-state index contributed by atoms with van der Waals surface area (Å²) in [7, 11) is 0. The molecular weight excluding hydrogens is 539 g/mol. The molecule has 2 aromatic carbocycles. The van der Waals surface area contributed by atoms with E-state index in [2.05, 4.69) is 40.0 Å². The maximum absolute atomic E-state index is 12.6. The number of hydrazone groups is 1. The van der Waals surface area contributed by atoms with Crippen molar-refractivity contribution in [3.05, 3.63) is 56.1 Å². The molecule has 2 aliphatic rings. The lowest BCUT2D eigenvalue weighted by molar-refractivity contribution is -0.123. The highest BCUT2D eigenvalue weighted by Gasteiger charge is 2.64. The average Bonchev–Trinajstić information content (AvgIpc) is 3.40. The lowest BCUT2D eigenvalue weighted by Crippen LogP contribution is -2.22. The molecule has 1 N–H and O–H groups in total. The van der Waals surface area contributed by atoms with Crippen LogP contribution in [0.5, 0.6) is 11.5 Å². The van der Waals surface area contributed by atoms with Crippen molar-refractivity contribution in [3.8, 4) is 11.5 Å². The van der Waals surface area contributed by atoms with E-state index in [1.54, 1.807) is 6.21 Å². The second-order valence-electron chi connectivity index (χ2n) is 8.71. The predicted molar refractivity (Wildman–Crippen MR) is 135 cm³/mol. The van der Waals surface area contributed by atoms with Crippen LogP contribution < -0.4 is 14.9 Å². The van der Waals surface area contributed by atoms with E-state index < -0.39 is 0 Å². The first-order valence-electron chi connectivity index (χ1n) is 11.1. The minimum absolute atomic E-state index is 0.0371. The lowest BCUT2D eigenvalue weighted by Gasteiger charge is -2.15. The molecular formula is C25H28ClIN2O3. The molecule has 0 spiro atoms. The molecule has 0 unspecified atom stereocenters. The molecule has 170 valence electrons. The number of rotatable bonds is 8. The van der Waals surface area contributed by atoms with Gasteiger partial charge in [-0.05, 0) is 77.5 Å². The quantitative estimate of drug-likeness (QED) is 0.235. The molecule has 2 fully saturated rings. The fourth-order valence-corrected chi connectivity index (χ4v) is 5.89. The molecule has 2 aromatic rings. The summed E-state index contributed by atoms with van der Waals surface area (Å²) in [5, 5.41) is 4.90.